The number of nitrogens with one attached hydrogen (secondary N) is 1. The largest absolute Gasteiger partial charge is 0.385 e. The van der Waals surface area contributed by atoms with Crippen LogP contribution in [0, 0.1) is 0 Å². The molecule has 4 heteroatoms. The maximum Gasteiger partial charge on any atom is 0.0929 e. The molecule has 0 aromatic carbocycles. The van der Waals surface area contributed by atoms with Crippen molar-refractivity contribution in [2.75, 3.05) is 26.8 Å². The Morgan fingerprint density at radius 2 is 2.38 bits per heavy atom. The van der Waals surface area contributed by atoms with Crippen LogP contribution in [0.1, 0.15) is 36.9 Å². The molecule has 0 bridgehead atoms. The molecule has 92 valence electrons. The van der Waals surface area contributed by atoms with Crippen molar-refractivity contribution in [3.05, 3.63) is 16.1 Å². The first-order chi connectivity index (χ1) is 7.77. The smallest absolute Gasteiger partial charge is 0.0929 e. The fourth-order valence-corrected chi connectivity index (χ4v) is 2.46. The van der Waals surface area contributed by atoms with Crippen molar-refractivity contribution < 1.29 is 4.74 Å². The average molecular weight is 242 g/mol. The van der Waals surface area contributed by atoms with Gasteiger partial charge in [0.2, 0.25) is 0 Å². The fourth-order valence-electron chi connectivity index (χ4n) is 1.50. The minimum Gasteiger partial charge on any atom is -0.385 e. The van der Waals surface area contributed by atoms with Crippen LogP contribution in [0.2, 0.25) is 0 Å². The van der Waals surface area contributed by atoms with Gasteiger partial charge >= 0.3 is 0 Å². The molecule has 3 nitrogen and oxygen atoms in total. The second-order valence-electron chi connectivity index (χ2n) is 3.97. The van der Waals surface area contributed by atoms with Gasteiger partial charge in [0, 0.05) is 38.0 Å². The quantitative estimate of drug-likeness (QED) is 0.711. The number of hydrogen-bond acceptors (Lipinski definition) is 4. The number of methoxy groups -OCH3 is 1. The minimum absolute atomic E-state index is 0.507. The Balaban J connectivity index is 2.37. The molecule has 1 heterocycles. The molecule has 0 fully saturated rings. The van der Waals surface area contributed by atoms with Crippen LogP contribution in [-0.2, 0) is 11.2 Å². The molecule has 0 saturated heterocycles. The zero-order valence-corrected chi connectivity index (χ0v) is 11.3. The molecule has 0 aliphatic carbocycles. The Bertz CT molecular complexity index is 288. The first-order valence-corrected chi connectivity index (χ1v) is 6.79. The van der Waals surface area contributed by atoms with Crippen LogP contribution in [-0.4, -0.2) is 31.8 Å². The summed E-state index contributed by atoms with van der Waals surface area (Å²) in [6.07, 6.45) is 2.09. The molecule has 1 unspecified atom stereocenters. The van der Waals surface area contributed by atoms with Crippen molar-refractivity contribution >= 4 is 11.3 Å². The zero-order valence-electron chi connectivity index (χ0n) is 10.5. The van der Waals surface area contributed by atoms with E-state index in [1.807, 2.05) is 0 Å². The number of aryl methyl sites for hydroxylation is 1. The molecule has 0 radical (unpaired) electrons. The van der Waals surface area contributed by atoms with Crippen molar-refractivity contribution in [2.45, 2.75) is 32.6 Å². The van der Waals surface area contributed by atoms with Crippen molar-refractivity contribution in [3.8, 4) is 0 Å². The molecule has 1 atom stereocenters. The summed E-state index contributed by atoms with van der Waals surface area (Å²) in [5, 5.41) is 6.77. The van der Waals surface area contributed by atoms with E-state index in [4.69, 9.17) is 4.74 Å². The highest BCUT2D eigenvalue weighted by Crippen LogP contribution is 2.18. The highest BCUT2D eigenvalue weighted by molar-refractivity contribution is 7.09. The molecular weight excluding hydrogens is 220 g/mol. The highest BCUT2D eigenvalue weighted by Gasteiger charge is 2.09. The lowest BCUT2D eigenvalue weighted by atomic mass is 10.1. The maximum atomic E-state index is 5.04. The number of hydrogen-bond donors (Lipinski definition) is 1. The summed E-state index contributed by atoms with van der Waals surface area (Å²) in [7, 11) is 1.74. The van der Waals surface area contributed by atoms with E-state index in [2.05, 4.69) is 29.5 Å². The van der Waals surface area contributed by atoms with E-state index in [0.717, 1.165) is 32.5 Å². The number of rotatable bonds is 8. The molecule has 1 aromatic heterocycles. The molecule has 0 amide bonds. The number of likely N-dealkylation sites (N-methyl/N-ethyl adjacent to an activating group) is 1. The third kappa shape index (κ3) is 4.60. The normalized spacial score (nSPS) is 12.9. The number of thiazole rings is 1. The van der Waals surface area contributed by atoms with E-state index < -0.39 is 0 Å². The topological polar surface area (TPSA) is 34.1 Å². The predicted octanol–water partition coefficient (Wildman–Crippen LogP) is 2.44. The second-order valence-corrected chi connectivity index (χ2v) is 4.91. The zero-order chi connectivity index (χ0) is 11.8. The van der Waals surface area contributed by atoms with E-state index in [-0.39, 0.29) is 0 Å². The molecule has 0 aliphatic heterocycles. The Kier molecular flexibility index (Phi) is 6.61. The summed E-state index contributed by atoms with van der Waals surface area (Å²) in [4.78, 5) is 4.66. The van der Waals surface area contributed by atoms with Gasteiger partial charge < -0.3 is 10.1 Å². The van der Waals surface area contributed by atoms with Gasteiger partial charge in [-0.2, -0.15) is 0 Å². The molecular formula is C12H22N2OS. The van der Waals surface area contributed by atoms with Gasteiger partial charge in [-0.1, -0.05) is 13.8 Å². The monoisotopic (exact) mass is 242 g/mol. The van der Waals surface area contributed by atoms with Crippen molar-refractivity contribution in [2.24, 2.45) is 0 Å². The lowest BCUT2D eigenvalue weighted by Gasteiger charge is -2.08. The summed E-state index contributed by atoms with van der Waals surface area (Å²) in [6.45, 7) is 7.20. The van der Waals surface area contributed by atoms with E-state index in [1.165, 1.54) is 10.7 Å². The highest BCUT2D eigenvalue weighted by atomic mass is 32.1. The van der Waals surface area contributed by atoms with Gasteiger partial charge in [0.25, 0.3) is 0 Å². The predicted molar refractivity (Wildman–Crippen MR) is 69.3 cm³/mol. The summed E-state index contributed by atoms with van der Waals surface area (Å²) in [6, 6.07) is 0. The Morgan fingerprint density at radius 3 is 3.06 bits per heavy atom. The first kappa shape index (κ1) is 13.6. The van der Waals surface area contributed by atoms with Crippen LogP contribution in [0.15, 0.2) is 5.38 Å². The first-order valence-electron chi connectivity index (χ1n) is 5.91. The number of ether oxygens (including phenoxy) is 1. The summed E-state index contributed by atoms with van der Waals surface area (Å²) >= 11 is 1.77. The Hall–Kier alpha value is -0.450. The van der Waals surface area contributed by atoms with Gasteiger partial charge in [-0.3, -0.25) is 0 Å². The van der Waals surface area contributed by atoms with Crippen LogP contribution in [0.4, 0.5) is 0 Å². The number of nitrogens with zero attached hydrogens (tertiary/aromatic N) is 1. The van der Waals surface area contributed by atoms with Gasteiger partial charge in [0.15, 0.2) is 0 Å². The summed E-state index contributed by atoms with van der Waals surface area (Å²) in [5.41, 5.74) is 1.22. The average Bonchev–Trinajstić information content (AvgIpc) is 2.75. The van der Waals surface area contributed by atoms with E-state index in [0.29, 0.717) is 5.92 Å². The van der Waals surface area contributed by atoms with Crippen LogP contribution in [0.5, 0.6) is 0 Å². The van der Waals surface area contributed by atoms with Gasteiger partial charge in [0.05, 0.1) is 10.7 Å². The Morgan fingerprint density at radius 1 is 1.56 bits per heavy atom. The second kappa shape index (κ2) is 7.76. The summed E-state index contributed by atoms with van der Waals surface area (Å²) in [5.74, 6) is 0.507. The SMILES string of the molecule is CCNCC(C)c1csc(CCCOC)n1. The van der Waals surface area contributed by atoms with Crippen molar-refractivity contribution in [1.29, 1.82) is 0 Å². The molecule has 0 spiro atoms. The molecule has 1 N–H and O–H groups in total. The molecule has 16 heavy (non-hydrogen) atoms. The van der Waals surface area contributed by atoms with E-state index in [9.17, 15) is 0 Å². The minimum atomic E-state index is 0.507. The third-order valence-electron chi connectivity index (χ3n) is 2.51. The summed E-state index contributed by atoms with van der Waals surface area (Å²) < 4.78 is 5.04. The van der Waals surface area contributed by atoms with E-state index in [1.54, 1.807) is 18.4 Å². The van der Waals surface area contributed by atoms with Crippen LogP contribution in [0.3, 0.4) is 0 Å². The lowest BCUT2D eigenvalue weighted by molar-refractivity contribution is 0.195. The maximum absolute atomic E-state index is 5.04. The van der Waals surface area contributed by atoms with E-state index >= 15 is 0 Å². The Labute approximate surface area is 102 Å². The van der Waals surface area contributed by atoms with Crippen LogP contribution in [0.25, 0.3) is 0 Å². The molecule has 0 saturated carbocycles. The van der Waals surface area contributed by atoms with Crippen LogP contribution >= 0.6 is 11.3 Å². The lowest BCUT2D eigenvalue weighted by Crippen LogP contribution is -2.19. The van der Waals surface area contributed by atoms with Gasteiger partial charge in [-0.25, -0.2) is 4.98 Å². The standard InChI is InChI=1S/C12H22N2OS/c1-4-13-8-10(2)11-9-16-12(14-11)6-5-7-15-3/h9-10,13H,4-8H2,1-3H3. The van der Waals surface area contributed by atoms with Gasteiger partial charge in [0.1, 0.15) is 0 Å². The van der Waals surface area contributed by atoms with Gasteiger partial charge in [-0.05, 0) is 13.0 Å². The third-order valence-corrected chi connectivity index (χ3v) is 3.44. The molecule has 1 aromatic rings. The van der Waals surface area contributed by atoms with Crippen molar-refractivity contribution in [1.82, 2.24) is 10.3 Å². The van der Waals surface area contributed by atoms with Crippen LogP contribution < -0.4 is 5.32 Å². The molecule has 0 aliphatic rings. The fraction of sp³-hybridized carbons (Fsp3) is 0.750. The molecule has 1 rings (SSSR count). The number of aromatic nitrogens is 1. The van der Waals surface area contributed by atoms with Gasteiger partial charge in [-0.15, -0.1) is 11.3 Å². The van der Waals surface area contributed by atoms with Crippen molar-refractivity contribution in [3.63, 3.8) is 0 Å².